The van der Waals surface area contributed by atoms with Crippen LogP contribution in [-0.2, 0) is 19.6 Å². The van der Waals surface area contributed by atoms with Gasteiger partial charge < -0.3 is 9.15 Å². The minimum absolute atomic E-state index is 0.0636. The number of aromatic amines is 1. The Morgan fingerprint density at radius 1 is 1.38 bits per heavy atom. The highest BCUT2D eigenvalue weighted by atomic mass is 32.2. The highest BCUT2D eigenvalue weighted by molar-refractivity contribution is 7.89. The lowest BCUT2D eigenvalue weighted by Crippen LogP contribution is -2.42. The highest BCUT2D eigenvalue weighted by Gasteiger charge is 2.35. The second-order valence-corrected chi connectivity index (χ2v) is 7.75. The molecule has 1 aliphatic heterocycles. The average Bonchev–Trinajstić information content (AvgIpc) is 3.13. The van der Waals surface area contributed by atoms with Gasteiger partial charge in [0, 0.05) is 19.2 Å². The summed E-state index contributed by atoms with van der Waals surface area (Å²) in [4.78, 5) is 23.0. The maximum Gasteiger partial charge on any atom is 0.310 e. The molecule has 0 saturated carbocycles. The first kappa shape index (κ1) is 18.3. The van der Waals surface area contributed by atoms with Crippen LogP contribution in [0.1, 0.15) is 19.8 Å². The van der Waals surface area contributed by atoms with E-state index in [1.165, 1.54) is 28.6 Å². The van der Waals surface area contributed by atoms with Crippen LogP contribution in [0.3, 0.4) is 0 Å². The van der Waals surface area contributed by atoms with Crippen molar-refractivity contribution in [2.45, 2.75) is 24.9 Å². The molecule has 1 N–H and O–H groups in total. The molecular weight excluding hydrogens is 362 g/mol. The van der Waals surface area contributed by atoms with Crippen LogP contribution >= 0.6 is 0 Å². The molecule has 140 valence electrons. The fourth-order valence-corrected chi connectivity index (χ4v) is 4.25. The Bertz CT molecular complexity index is 928. The van der Waals surface area contributed by atoms with Crippen molar-refractivity contribution >= 4 is 16.0 Å². The molecule has 0 aromatic carbocycles. The van der Waals surface area contributed by atoms with Crippen molar-refractivity contribution in [3.05, 3.63) is 34.6 Å². The summed E-state index contributed by atoms with van der Waals surface area (Å²) in [5.74, 6) is -0.641. The van der Waals surface area contributed by atoms with E-state index < -0.39 is 15.9 Å². The Hall–Kier alpha value is -2.46. The fraction of sp³-hybridized carbons (Fsp3) is 0.438. The number of hydrogen-bond donors (Lipinski definition) is 1. The molecule has 0 aliphatic carbocycles. The third-order valence-electron chi connectivity index (χ3n) is 4.11. The van der Waals surface area contributed by atoms with Crippen LogP contribution in [0.5, 0.6) is 0 Å². The molecular formula is C16H19N3O6S. The number of furan rings is 1. The van der Waals surface area contributed by atoms with E-state index in [0.29, 0.717) is 25.1 Å². The SMILES string of the molecule is CCOC(=O)C1CCCN(S(=O)(=O)c2ccc(-c3ccc(=O)[nH]n3)o2)C1. The normalized spacial score (nSPS) is 18.6. The third kappa shape index (κ3) is 3.70. The lowest BCUT2D eigenvalue weighted by atomic mass is 10.0. The van der Waals surface area contributed by atoms with Gasteiger partial charge in [-0.05, 0) is 38.0 Å². The van der Waals surface area contributed by atoms with Gasteiger partial charge in [-0.15, -0.1) is 0 Å². The Morgan fingerprint density at radius 2 is 2.19 bits per heavy atom. The Kier molecular flexibility index (Phi) is 5.23. The monoisotopic (exact) mass is 381 g/mol. The zero-order chi connectivity index (χ0) is 18.7. The van der Waals surface area contributed by atoms with Crippen molar-refractivity contribution in [3.63, 3.8) is 0 Å². The number of hydrogen-bond acceptors (Lipinski definition) is 7. The Labute approximate surface area is 150 Å². The zero-order valence-electron chi connectivity index (χ0n) is 14.2. The maximum absolute atomic E-state index is 12.8. The quantitative estimate of drug-likeness (QED) is 0.766. The van der Waals surface area contributed by atoms with Gasteiger partial charge in [0.25, 0.3) is 15.6 Å². The molecule has 0 radical (unpaired) electrons. The molecule has 1 fully saturated rings. The van der Waals surface area contributed by atoms with Crippen LogP contribution in [0.15, 0.2) is 38.6 Å². The smallest absolute Gasteiger partial charge is 0.310 e. The van der Waals surface area contributed by atoms with Gasteiger partial charge >= 0.3 is 5.97 Å². The summed E-state index contributed by atoms with van der Waals surface area (Å²) in [5, 5.41) is 5.84. The van der Waals surface area contributed by atoms with E-state index in [1.807, 2.05) is 0 Å². The number of sulfonamides is 1. The van der Waals surface area contributed by atoms with Gasteiger partial charge in [0.15, 0.2) is 5.76 Å². The van der Waals surface area contributed by atoms with Crippen molar-refractivity contribution < 1.29 is 22.4 Å². The molecule has 1 aliphatic rings. The topological polar surface area (TPSA) is 123 Å². The van der Waals surface area contributed by atoms with Gasteiger partial charge in [-0.1, -0.05) is 0 Å². The molecule has 1 unspecified atom stereocenters. The number of aromatic nitrogens is 2. The van der Waals surface area contributed by atoms with E-state index in [-0.39, 0.29) is 35.5 Å². The van der Waals surface area contributed by atoms with Crippen LogP contribution in [-0.4, -0.2) is 48.6 Å². The highest BCUT2D eigenvalue weighted by Crippen LogP contribution is 2.28. The van der Waals surface area contributed by atoms with Gasteiger partial charge in [-0.25, -0.2) is 13.5 Å². The lowest BCUT2D eigenvalue weighted by Gasteiger charge is -2.29. The minimum atomic E-state index is -3.88. The number of carbonyl (C=O) groups excluding carboxylic acids is 1. The van der Waals surface area contributed by atoms with E-state index in [1.54, 1.807) is 6.92 Å². The molecule has 3 heterocycles. The molecule has 1 atom stereocenters. The number of nitrogens with one attached hydrogen (secondary N) is 1. The molecule has 1 saturated heterocycles. The van der Waals surface area contributed by atoms with E-state index >= 15 is 0 Å². The minimum Gasteiger partial charge on any atom is -0.466 e. The molecule has 10 heteroatoms. The Balaban J connectivity index is 1.81. The third-order valence-corrected chi connectivity index (χ3v) is 5.85. The van der Waals surface area contributed by atoms with Crippen LogP contribution in [0.4, 0.5) is 0 Å². The van der Waals surface area contributed by atoms with Crippen molar-refractivity contribution in [2.75, 3.05) is 19.7 Å². The van der Waals surface area contributed by atoms with E-state index in [2.05, 4.69) is 10.2 Å². The van der Waals surface area contributed by atoms with Crippen LogP contribution in [0, 0.1) is 5.92 Å². The van der Waals surface area contributed by atoms with E-state index in [9.17, 15) is 18.0 Å². The average molecular weight is 381 g/mol. The van der Waals surface area contributed by atoms with Crippen LogP contribution in [0.2, 0.25) is 0 Å². The van der Waals surface area contributed by atoms with Crippen molar-refractivity contribution in [1.82, 2.24) is 14.5 Å². The second-order valence-electron chi connectivity index (χ2n) is 5.88. The molecule has 0 spiro atoms. The van der Waals surface area contributed by atoms with Crippen LogP contribution in [0.25, 0.3) is 11.5 Å². The molecule has 26 heavy (non-hydrogen) atoms. The first-order valence-electron chi connectivity index (χ1n) is 8.24. The summed E-state index contributed by atoms with van der Waals surface area (Å²) < 4.78 is 37.3. The maximum atomic E-state index is 12.8. The molecule has 2 aromatic heterocycles. The van der Waals surface area contributed by atoms with Gasteiger partial charge in [-0.2, -0.15) is 9.40 Å². The summed E-state index contributed by atoms with van der Waals surface area (Å²) in [7, 11) is -3.88. The van der Waals surface area contributed by atoms with Gasteiger partial charge in [0.05, 0.1) is 12.5 Å². The number of carbonyl (C=O) groups is 1. The predicted octanol–water partition coefficient (Wildman–Crippen LogP) is 0.994. The zero-order valence-corrected chi connectivity index (χ0v) is 15.0. The molecule has 0 amide bonds. The number of piperidine rings is 1. The first-order chi connectivity index (χ1) is 12.4. The van der Waals surface area contributed by atoms with E-state index in [0.717, 1.165) is 0 Å². The summed E-state index contributed by atoms with van der Waals surface area (Å²) in [6.45, 7) is 2.35. The van der Waals surface area contributed by atoms with Crippen LogP contribution < -0.4 is 5.56 Å². The number of ether oxygens (including phenoxy) is 1. The molecule has 2 aromatic rings. The summed E-state index contributed by atoms with van der Waals surface area (Å²) in [6.07, 6.45) is 1.16. The molecule has 9 nitrogen and oxygen atoms in total. The first-order valence-corrected chi connectivity index (χ1v) is 9.68. The number of H-pyrrole nitrogens is 1. The van der Waals surface area contributed by atoms with Gasteiger partial charge in [-0.3, -0.25) is 9.59 Å². The van der Waals surface area contributed by atoms with E-state index in [4.69, 9.17) is 9.15 Å². The summed E-state index contributed by atoms with van der Waals surface area (Å²) in [5.41, 5.74) is -0.0550. The summed E-state index contributed by atoms with van der Waals surface area (Å²) in [6, 6.07) is 5.52. The molecule has 3 rings (SSSR count). The predicted molar refractivity (Wildman–Crippen MR) is 90.7 cm³/mol. The van der Waals surface area contributed by atoms with Gasteiger partial charge in [0.1, 0.15) is 5.69 Å². The van der Waals surface area contributed by atoms with Crippen molar-refractivity contribution in [2.24, 2.45) is 5.92 Å². The largest absolute Gasteiger partial charge is 0.466 e. The van der Waals surface area contributed by atoms with Crippen molar-refractivity contribution in [1.29, 1.82) is 0 Å². The second kappa shape index (κ2) is 7.42. The van der Waals surface area contributed by atoms with Crippen molar-refractivity contribution in [3.8, 4) is 11.5 Å². The lowest BCUT2D eigenvalue weighted by molar-refractivity contribution is -0.149. The fourth-order valence-electron chi connectivity index (χ4n) is 2.82. The van der Waals surface area contributed by atoms with Gasteiger partial charge in [0.2, 0.25) is 5.09 Å². The molecule has 0 bridgehead atoms. The Morgan fingerprint density at radius 3 is 2.88 bits per heavy atom. The number of nitrogens with zero attached hydrogens (tertiary/aromatic N) is 2. The number of rotatable bonds is 5. The number of esters is 1. The standard InChI is InChI=1S/C16H19N3O6S/c1-2-24-16(21)11-4-3-9-19(10-11)26(22,23)15-8-6-13(25-15)12-5-7-14(20)18-17-12/h5-8,11H,2-4,9-10H2,1H3,(H,18,20). The summed E-state index contributed by atoms with van der Waals surface area (Å²) >= 11 is 0.